The molecule has 1 fully saturated rings. The van der Waals surface area contributed by atoms with E-state index in [1.54, 1.807) is 0 Å². The minimum Gasteiger partial charge on any atom is -0.364 e. The highest BCUT2D eigenvalue weighted by Gasteiger charge is 2.28. The largest absolute Gasteiger partial charge is 0.364 e. The van der Waals surface area contributed by atoms with Gasteiger partial charge in [0.1, 0.15) is 11.9 Å². The molecule has 5 nitrogen and oxygen atoms in total. The Bertz CT molecular complexity index is 683. The van der Waals surface area contributed by atoms with Gasteiger partial charge < -0.3 is 14.2 Å². The number of aromatic nitrogens is 2. The van der Waals surface area contributed by atoms with Gasteiger partial charge in [-0.15, -0.1) is 0 Å². The summed E-state index contributed by atoms with van der Waals surface area (Å²) in [5, 5.41) is 0. The molecule has 0 radical (unpaired) electrons. The molecular weight excluding hydrogens is 314 g/mol. The van der Waals surface area contributed by atoms with Gasteiger partial charge in [0.05, 0.1) is 12.6 Å². The van der Waals surface area contributed by atoms with Crippen LogP contribution in [-0.4, -0.2) is 39.6 Å². The van der Waals surface area contributed by atoms with Crippen LogP contribution >= 0.6 is 0 Å². The molecule has 1 saturated heterocycles. The molecular formula is C20H27N3O2. The van der Waals surface area contributed by atoms with Crippen molar-refractivity contribution in [3.63, 3.8) is 0 Å². The van der Waals surface area contributed by atoms with Gasteiger partial charge >= 0.3 is 0 Å². The fourth-order valence-electron chi connectivity index (χ4n) is 3.46. The van der Waals surface area contributed by atoms with Gasteiger partial charge in [0.15, 0.2) is 0 Å². The zero-order valence-corrected chi connectivity index (χ0v) is 15.1. The van der Waals surface area contributed by atoms with Crippen LogP contribution in [0.3, 0.4) is 0 Å². The van der Waals surface area contributed by atoms with E-state index in [4.69, 9.17) is 4.74 Å². The number of piperidine rings is 1. The number of nitrogens with zero attached hydrogens (tertiary/aromatic N) is 3. The maximum atomic E-state index is 12.8. The first kappa shape index (κ1) is 17.7. The molecule has 0 aliphatic carbocycles. The molecule has 0 N–H and O–H groups in total. The van der Waals surface area contributed by atoms with Crippen molar-refractivity contribution in [3.8, 4) is 0 Å². The van der Waals surface area contributed by atoms with E-state index in [1.165, 1.54) is 0 Å². The second-order valence-corrected chi connectivity index (χ2v) is 6.62. The lowest BCUT2D eigenvalue weighted by molar-refractivity contribution is -0.145. The number of aryl methyl sites for hydroxylation is 1. The number of hydrogen-bond acceptors (Lipinski definition) is 3. The standard InChI is InChI=1S/C20H27N3O2/c1-3-19-21-11-13-23(19)18-10-7-12-22(14-18)20(24)16(2)25-15-17-8-5-4-6-9-17/h4-6,8-9,11,13,16,18H,3,7,10,12,14-15H2,1-2H3/t16-,18-/m1/s1. The molecule has 134 valence electrons. The van der Waals surface area contributed by atoms with E-state index in [0.717, 1.165) is 43.7 Å². The smallest absolute Gasteiger partial charge is 0.251 e. The normalized spacial score (nSPS) is 19.0. The molecule has 1 amide bonds. The summed E-state index contributed by atoms with van der Waals surface area (Å²) in [5.41, 5.74) is 1.09. The predicted molar refractivity (Wildman–Crippen MR) is 97.1 cm³/mol. The SMILES string of the molecule is CCc1nccn1[C@@H]1CCCN(C(=O)[C@@H](C)OCc2ccccc2)C1. The van der Waals surface area contributed by atoms with E-state index >= 15 is 0 Å². The van der Waals surface area contributed by atoms with Gasteiger partial charge in [0.2, 0.25) is 0 Å². The predicted octanol–water partition coefficient (Wildman–Crippen LogP) is 3.21. The molecule has 0 unspecified atom stereocenters. The van der Waals surface area contributed by atoms with Gasteiger partial charge in [-0.05, 0) is 25.3 Å². The van der Waals surface area contributed by atoms with Gasteiger partial charge in [-0.25, -0.2) is 4.98 Å². The number of likely N-dealkylation sites (tertiary alicyclic amines) is 1. The molecule has 2 heterocycles. The number of hydrogen-bond donors (Lipinski definition) is 0. The number of amides is 1. The number of imidazole rings is 1. The Morgan fingerprint density at radius 3 is 2.92 bits per heavy atom. The van der Waals surface area contributed by atoms with E-state index in [-0.39, 0.29) is 5.91 Å². The Morgan fingerprint density at radius 2 is 2.16 bits per heavy atom. The molecule has 0 spiro atoms. The first-order valence-electron chi connectivity index (χ1n) is 9.15. The van der Waals surface area contributed by atoms with Crippen LogP contribution in [0.25, 0.3) is 0 Å². The second kappa shape index (κ2) is 8.30. The molecule has 2 aromatic rings. The van der Waals surface area contributed by atoms with Crippen molar-refractivity contribution in [2.24, 2.45) is 0 Å². The summed E-state index contributed by atoms with van der Waals surface area (Å²) in [5.74, 6) is 1.17. The number of carbonyl (C=O) groups is 1. The van der Waals surface area contributed by atoms with Crippen molar-refractivity contribution < 1.29 is 9.53 Å². The van der Waals surface area contributed by atoms with Gasteiger partial charge in [0, 0.05) is 31.9 Å². The third kappa shape index (κ3) is 4.28. The molecule has 1 aliphatic heterocycles. The van der Waals surface area contributed by atoms with E-state index < -0.39 is 6.10 Å². The molecule has 5 heteroatoms. The topological polar surface area (TPSA) is 47.4 Å². The molecule has 25 heavy (non-hydrogen) atoms. The first-order chi connectivity index (χ1) is 12.2. The second-order valence-electron chi connectivity index (χ2n) is 6.62. The van der Waals surface area contributed by atoms with Crippen LogP contribution in [0.4, 0.5) is 0 Å². The fraction of sp³-hybridized carbons (Fsp3) is 0.500. The summed E-state index contributed by atoms with van der Waals surface area (Å²) in [7, 11) is 0. The van der Waals surface area contributed by atoms with Crippen LogP contribution in [0, 0.1) is 0 Å². The van der Waals surface area contributed by atoms with Crippen LogP contribution in [0.5, 0.6) is 0 Å². The summed E-state index contributed by atoms with van der Waals surface area (Å²) < 4.78 is 8.03. The number of benzene rings is 1. The van der Waals surface area contributed by atoms with E-state index in [9.17, 15) is 4.79 Å². The van der Waals surface area contributed by atoms with Gasteiger partial charge in [-0.3, -0.25) is 4.79 Å². The quantitative estimate of drug-likeness (QED) is 0.810. The van der Waals surface area contributed by atoms with Gasteiger partial charge in [-0.1, -0.05) is 37.3 Å². The Labute approximate surface area is 149 Å². The highest BCUT2D eigenvalue weighted by Crippen LogP contribution is 2.24. The number of ether oxygens (including phenoxy) is 1. The lowest BCUT2D eigenvalue weighted by Crippen LogP contribution is -2.45. The van der Waals surface area contributed by atoms with Gasteiger partial charge in [-0.2, -0.15) is 0 Å². The Morgan fingerprint density at radius 1 is 1.36 bits per heavy atom. The van der Waals surface area contributed by atoms with Crippen LogP contribution in [0.15, 0.2) is 42.7 Å². The zero-order valence-electron chi connectivity index (χ0n) is 15.1. The number of rotatable bonds is 6. The fourth-order valence-corrected chi connectivity index (χ4v) is 3.46. The van der Waals surface area contributed by atoms with Crippen molar-refractivity contribution in [2.45, 2.75) is 51.9 Å². The van der Waals surface area contributed by atoms with E-state index in [0.29, 0.717) is 12.6 Å². The number of carbonyl (C=O) groups excluding carboxylic acids is 1. The van der Waals surface area contributed by atoms with Crippen LogP contribution in [0.2, 0.25) is 0 Å². The zero-order chi connectivity index (χ0) is 17.6. The van der Waals surface area contributed by atoms with Crippen LogP contribution < -0.4 is 0 Å². The molecule has 1 aromatic carbocycles. The van der Waals surface area contributed by atoms with Crippen molar-refractivity contribution >= 4 is 5.91 Å². The third-order valence-corrected chi connectivity index (χ3v) is 4.86. The van der Waals surface area contributed by atoms with Gasteiger partial charge in [0.25, 0.3) is 5.91 Å². The monoisotopic (exact) mass is 341 g/mol. The summed E-state index contributed by atoms with van der Waals surface area (Å²) in [6.07, 6.45) is 6.48. The minimum absolute atomic E-state index is 0.0822. The summed E-state index contributed by atoms with van der Waals surface area (Å²) in [4.78, 5) is 19.1. The Hall–Kier alpha value is -2.14. The molecule has 0 bridgehead atoms. The summed E-state index contributed by atoms with van der Waals surface area (Å²) >= 11 is 0. The highest BCUT2D eigenvalue weighted by atomic mass is 16.5. The van der Waals surface area contributed by atoms with Crippen molar-refractivity contribution in [3.05, 3.63) is 54.1 Å². The van der Waals surface area contributed by atoms with E-state index in [2.05, 4.69) is 16.5 Å². The molecule has 3 rings (SSSR count). The lowest BCUT2D eigenvalue weighted by atomic mass is 10.0. The van der Waals surface area contributed by atoms with Crippen molar-refractivity contribution in [2.75, 3.05) is 13.1 Å². The molecule has 1 aromatic heterocycles. The molecule has 2 atom stereocenters. The Kier molecular flexibility index (Phi) is 5.87. The minimum atomic E-state index is -0.424. The summed E-state index contributed by atoms with van der Waals surface area (Å²) in [6.45, 7) is 5.98. The Balaban J connectivity index is 1.57. The third-order valence-electron chi connectivity index (χ3n) is 4.86. The van der Waals surface area contributed by atoms with Crippen molar-refractivity contribution in [1.29, 1.82) is 0 Å². The summed E-state index contributed by atoms with van der Waals surface area (Å²) in [6, 6.07) is 10.3. The van der Waals surface area contributed by atoms with E-state index in [1.807, 2.05) is 54.5 Å². The lowest BCUT2D eigenvalue weighted by Gasteiger charge is -2.35. The average molecular weight is 341 g/mol. The van der Waals surface area contributed by atoms with Crippen LogP contribution in [-0.2, 0) is 22.6 Å². The first-order valence-corrected chi connectivity index (χ1v) is 9.15. The average Bonchev–Trinajstić information content (AvgIpc) is 3.15. The molecule has 1 aliphatic rings. The van der Waals surface area contributed by atoms with Crippen LogP contribution in [0.1, 0.15) is 44.1 Å². The molecule has 0 saturated carbocycles. The highest BCUT2D eigenvalue weighted by molar-refractivity contribution is 5.80. The maximum Gasteiger partial charge on any atom is 0.251 e. The van der Waals surface area contributed by atoms with Crippen molar-refractivity contribution in [1.82, 2.24) is 14.5 Å². The maximum absolute atomic E-state index is 12.8.